The molecule has 28 heavy (non-hydrogen) atoms. The highest BCUT2D eigenvalue weighted by Gasteiger charge is 2.19. The van der Waals surface area contributed by atoms with Crippen molar-refractivity contribution in [3.8, 4) is 0 Å². The molecule has 2 atom stereocenters. The molecule has 0 bridgehead atoms. The van der Waals surface area contributed by atoms with E-state index in [1.807, 2.05) is 12.2 Å². The predicted octanol–water partition coefficient (Wildman–Crippen LogP) is 1.84. The fourth-order valence-corrected chi connectivity index (χ4v) is 2.54. The summed E-state index contributed by atoms with van der Waals surface area (Å²) < 4.78 is 20.6. The number of benzene rings is 1. The number of esters is 2. The first-order chi connectivity index (χ1) is 13.4. The molecule has 2 rings (SSSR count). The van der Waals surface area contributed by atoms with Crippen LogP contribution in [0.3, 0.4) is 0 Å². The molecular weight excluding hydrogens is 364 g/mol. The largest absolute Gasteiger partial charge is 0.497 e. The lowest BCUT2D eigenvalue weighted by Gasteiger charge is -2.21. The van der Waals surface area contributed by atoms with Gasteiger partial charge in [-0.2, -0.15) is 0 Å². The van der Waals surface area contributed by atoms with E-state index in [1.165, 1.54) is 18.2 Å². The number of allylic oxidation sites excluding steroid dienone is 1. The van der Waals surface area contributed by atoms with Crippen LogP contribution < -0.4 is 11.5 Å². The van der Waals surface area contributed by atoms with Crippen molar-refractivity contribution in [3.05, 3.63) is 59.9 Å². The molecule has 2 unspecified atom stereocenters. The molecule has 0 heterocycles. The first kappa shape index (κ1) is 21.0. The topological polar surface area (TPSA) is 123 Å². The maximum absolute atomic E-state index is 11.9. The molecular formula is C20H24N2O6. The first-order valence-corrected chi connectivity index (χ1v) is 8.58. The van der Waals surface area contributed by atoms with Crippen molar-refractivity contribution in [2.45, 2.75) is 6.10 Å². The number of nitrogens with two attached hydrogens (primary N) is 2. The molecule has 0 spiro atoms. The van der Waals surface area contributed by atoms with Crippen molar-refractivity contribution in [1.29, 1.82) is 0 Å². The minimum absolute atomic E-state index is 0.0777. The summed E-state index contributed by atoms with van der Waals surface area (Å²) in [5.41, 5.74) is 12.2. The molecule has 0 fully saturated rings. The molecule has 1 aliphatic carbocycles. The van der Waals surface area contributed by atoms with Crippen molar-refractivity contribution in [2.75, 3.05) is 38.9 Å². The van der Waals surface area contributed by atoms with E-state index in [0.717, 1.165) is 0 Å². The fraction of sp³-hybridized carbons (Fsp3) is 0.300. The second-order valence-electron chi connectivity index (χ2n) is 5.92. The number of carbonyl (C=O) groups is 2. The van der Waals surface area contributed by atoms with Crippen LogP contribution in [0.5, 0.6) is 0 Å². The lowest BCUT2D eigenvalue weighted by atomic mass is 9.96. The van der Waals surface area contributed by atoms with Gasteiger partial charge < -0.3 is 30.4 Å². The maximum atomic E-state index is 11.9. The highest BCUT2D eigenvalue weighted by atomic mass is 16.6. The highest BCUT2D eigenvalue weighted by Crippen LogP contribution is 2.21. The predicted molar refractivity (Wildman–Crippen MR) is 104 cm³/mol. The zero-order valence-corrected chi connectivity index (χ0v) is 15.8. The molecule has 4 N–H and O–H groups in total. The minimum atomic E-state index is -0.611. The molecule has 8 heteroatoms. The summed E-state index contributed by atoms with van der Waals surface area (Å²) in [6.07, 6.45) is 8.25. The molecule has 0 amide bonds. The van der Waals surface area contributed by atoms with Gasteiger partial charge in [-0.15, -0.1) is 0 Å². The normalized spacial score (nSPS) is 18.6. The summed E-state index contributed by atoms with van der Waals surface area (Å²) in [7, 11) is 3.15. The number of hydrogen-bond acceptors (Lipinski definition) is 8. The number of nitrogen functional groups attached to an aromatic ring is 2. The van der Waals surface area contributed by atoms with Crippen LogP contribution in [0.2, 0.25) is 0 Å². The first-order valence-electron chi connectivity index (χ1n) is 8.58. The molecule has 8 nitrogen and oxygen atoms in total. The van der Waals surface area contributed by atoms with Gasteiger partial charge in [0.2, 0.25) is 0 Å². The number of hydrogen-bond donors (Lipinski definition) is 2. The van der Waals surface area contributed by atoms with Crippen LogP contribution in [0, 0.1) is 5.92 Å². The van der Waals surface area contributed by atoms with Crippen molar-refractivity contribution < 1.29 is 28.5 Å². The zero-order valence-electron chi connectivity index (χ0n) is 15.8. The van der Waals surface area contributed by atoms with Gasteiger partial charge in [-0.25, -0.2) is 9.59 Å². The van der Waals surface area contributed by atoms with E-state index in [1.54, 1.807) is 32.4 Å². The van der Waals surface area contributed by atoms with E-state index < -0.39 is 11.9 Å². The minimum Gasteiger partial charge on any atom is -0.497 e. The summed E-state index contributed by atoms with van der Waals surface area (Å²) in [5.74, 6) is -0.585. The average molecular weight is 388 g/mol. The van der Waals surface area contributed by atoms with Crippen LogP contribution in [0.1, 0.15) is 10.4 Å². The van der Waals surface area contributed by atoms with Gasteiger partial charge in [0.1, 0.15) is 19.0 Å². The van der Waals surface area contributed by atoms with Crippen molar-refractivity contribution in [2.24, 2.45) is 5.92 Å². The van der Waals surface area contributed by atoms with Crippen molar-refractivity contribution >= 4 is 23.3 Å². The quantitative estimate of drug-likeness (QED) is 0.299. The molecule has 0 saturated carbocycles. The Balaban J connectivity index is 1.75. The summed E-state index contributed by atoms with van der Waals surface area (Å²) in [4.78, 5) is 23.8. The lowest BCUT2D eigenvalue weighted by Crippen LogP contribution is -2.21. The fourth-order valence-electron chi connectivity index (χ4n) is 2.54. The van der Waals surface area contributed by atoms with Gasteiger partial charge in [0, 0.05) is 30.5 Å². The monoisotopic (exact) mass is 388 g/mol. The van der Waals surface area contributed by atoms with Crippen LogP contribution in [0.4, 0.5) is 11.4 Å². The Kier molecular flexibility index (Phi) is 7.65. The van der Waals surface area contributed by atoms with Gasteiger partial charge in [0.05, 0.1) is 18.8 Å². The van der Waals surface area contributed by atoms with Crippen molar-refractivity contribution in [3.63, 3.8) is 0 Å². The van der Waals surface area contributed by atoms with Gasteiger partial charge in [-0.3, -0.25) is 0 Å². The second-order valence-corrected chi connectivity index (χ2v) is 5.92. The Morgan fingerprint density at radius 1 is 1.14 bits per heavy atom. The van der Waals surface area contributed by atoms with Crippen LogP contribution in [-0.4, -0.2) is 45.5 Å². The SMILES string of the molecule is COC1=CC(OC)C(/C=C/C(=O)OCCOC(=O)c2ccc(N)cc2N)C=C1. The van der Waals surface area contributed by atoms with Crippen LogP contribution in [0.15, 0.2) is 54.3 Å². The van der Waals surface area contributed by atoms with E-state index >= 15 is 0 Å². The third kappa shape index (κ3) is 5.88. The summed E-state index contributed by atoms with van der Waals surface area (Å²) in [6.45, 7) is -0.169. The number of carbonyl (C=O) groups excluding carboxylic acids is 2. The van der Waals surface area contributed by atoms with Gasteiger partial charge in [-0.1, -0.05) is 12.2 Å². The number of ether oxygens (including phenoxy) is 4. The molecule has 1 aromatic carbocycles. The van der Waals surface area contributed by atoms with Crippen molar-refractivity contribution in [1.82, 2.24) is 0 Å². The summed E-state index contributed by atoms with van der Waals surface area (Å²) in [6, 6.07) is 4.50. The Bertz CT molecular complexity index is 800. The van der Waals surface area contributed by atoms with Crippen LogP contribution in [-0.2, 0) is 23.7 Å². The number of anilines is 2. The van der Waals surface area contributed by atoms with Crippen LogP contribution >= 0.6 is 0 Å². The molecule has 0 aromatic heterocycles. The maximum Gasteiger partial charge on any atom is 0.340 e. The average Bonchev–Trinajstić information content (AvgIpc) is 2.69. The lowest BCUT2D eigenvalue weighted by molar-refractivity contribution is -0.138. The zero-order chi connectivity index (χ0) is 20.5. The van der Waals surface area contributed by atoms with E-state index in [4.69, 9.17) is 30.4 Å². The summed E-state index contributed by atoms with van der Waals surface area (Å²) in [5, 5.41) is 0. The van der Waals surface area contributed by atoms with Gasteiger partial charge in [-0.05, 0) is 30.4 Å². The van der Waals surface area contributed by atoms with Crippen LogP contribution in [0.25, 0.3) is 0 Å². The molecule has 150 valence electrons. The Labute approximate surface area is 163 Å². The summed E-state index contributed by atoms with van der Waals surface area (Å²) >= 11 is 0. The third-order valence-corrected chi connectivity index (χ3v) is 4.01. The number of rotatable bonds is 8. The van der Waals surface area contributed by atoms with Gasteiger partial charge >= 0.3 is 11.9 Å². The molecule has 1 aliphatic rings. The Morgan fingerprint density at radius 2 is 1.89 bits per heavy atom. The van der Waals surface area contributed by atoms with E-state index in [9.17, 15) is 9.59 Å². The van der Waals surface area contributed by atoms with E-state index in [0.29, 0.717) is 11.4 Å². The molecule has 0 aliphatic heterocycles. The van der Waals surface area contributed by atoms with Gasteiger partial charge in [0.15, 0.2) is 0 Å². The third-order valence-electron chi connectivity index (χ3n) is 4.01. The number of methoxy groups -OCH3 is 2. The molecule has 0 saturated heterocycles. The molecule has 1 aromatic rings. The van der Waals surface area contributed by atoms with E-state index in [-0.39, 0.29) is 36.5 Å². The smallest absolute Gasteiger partial charge is 0.340 e. The Hall–Kier alpha value is -3.26. The van der Waals surface area contributed by atoms with Gasteiger partial charge in [0.25, 0.3) is 0 Å². The standard InChI is InChI=1S/C20H24N2O6/c1-25-15-6-3-13(18(12-15)26-2)4-8-19(23)27-9-10-28-20(24)16-7-5-14(21)11-17(16)22/h3-8,11-13,18H,9-10,21-22H2,1-2H3/b8-4+. The Morgan fingerprint density at radius 3 is 2.57 bits per heavy atom. The van der Waals surface area contributed by atoms with E-state index in [2.05, 4.69) is 0 Å². The highest BCUT2D eigenvalue weighted by molar-refractivity contribution is 5.95. The molecule has 0 radical (unpaired) electrons. The second kappa shape index (κ2) is 10.2.